The number of nitrogens with one attached hydrogen (secondary N) is 1. The highest BCUT2D eigenvalue weighted by Gasteiger charge is 2.31. The van der Waals surface area contributed by atoms with E-state index >= 15 is 0 Å². The fourth-order valence-corrected chi connectivity index (χ4v) is 2.20. The third-order valence-electron chi connectivity index (χ3n) is 3.33. The number of rotatable bonds is 4. The summed E-state index contributed by atoms with van der Waals surface area (Å²) >= 11 is 0. The van der Waals surface area contributed by atoms with Gasteiger partial charge in [-0.3, -0.25) is 10.4 Å². The van der Waals surface area contributed by atoms with Gasteiger partial charge >= 0.3 is 0 Å². The van der Waals surface area contributed by atoms with Crippen LogP contribution >= 0.6 is 0 Å². The molecule has 1 aliphatic rings. The Hall–Kier alpha value is -2.05. The predicted molar refractivity (Wildman–Crippen MR) is 80.0 cm³/mol. The van der Waals surface area contributed by atoms with Crippen LogP contribution in [0.25, 0.3) is 0 Å². The molecule has 2 unspecified atom stereocenters. The monoisotopic (exact) mass is 291 g/mol. The Kier molecular flexibility index (Phi) is 4.82. The molecule has 1 aliphatic carbocycles. The lowest BCUT2D eigenvalue weighted by Crippen LogP contribution is -2.38. The first kappa shape index (κ1) is 15.3. The molecule has 3 N–H and O–H groups in total. The summed E-state index contributed by atoms with van der Waals surface area (Å²) in [6.45, 7) is 0. The molecule has 0 spiro atoms. The molecule has 0 fully saturated rings. The average Bonchev–Trinajstić information content (AvgIpc) is 2.48. The van der Waals surface area contributed by atoms with Crippen molar-refractivity contribution >= 4 is 17.2 Å². The predicted octanol–water partition coefficient (Wildman–Crippen LogP) is 2.33. The summed E-state index contributed by atoms with van der Waals surface area (Å²) in [4.78, 5) is 4.45. The first-order valence-electron chi connectivity index (χ1n) is 6.51. The maximum atomic E-state index is 13.8. The molecule has 0 aromatic heterocycles. The fourth-order valence-electron chi connectivity index (χ4n) is 2.20. The van der Waals surface area contributed by atoms with Gasteiger partial charge in [0, 0.05) is 19.8 Å². The van der Waals surface area contributed by atoms with E-state index in [1.54, 1.807) is 31.4 Å². The van der Waals surface area contributed by atoms with Crippen LogP contribution < -0.4 is 5.73 Å². The van der Waals surface area contributed by atoms with E-state index in [2.05, 4.69) is 4.99 Å². The normalized spacial score (nSPS) is 24.0. The van der Waals surface area contributed by atoms with Crippen LogP contribution in [0.15, 0.2) is 41.2 Å². The lowest BCUT2D eigenvalue weighted by atomic mass is 9.97. The number of nitrogen functional groups attached to an aromatic ring is 1. The topological polar surface area (TPSA) is 80.7 Å². The van der Waals surface area contributed by atoms with Gasteiger partial charge < -0.3 is 15.2 Å². The highest BCUT2D eigenvalue weighted by atomic mass is 19.1. The van der Waals surface area contributed by atoms with Gasteiger partial charge in [-0.15, -0.1) is 0 Å². The van der Waals surface area contributed by atoms with Crippen LogP contribution in [-0.2, 0) is 9.47 Å². The molecule has 0 heterocycles. The zero-order valence-electron chi connectivity index (χ0n) is 12.0. The van der Waals surface area contributed by atoms with Gasteiger partial charge in [0.1, 0.15) is 23.9 Å². The van der Waals surface area contributed by atoms with Crippen molar-refractivity contribution in [1.82, 2.24) is 0 Å². The third kappa shape index (κ3) is 3.34. The maximum Gasteiger partial charge on any atom is 0.149 e. The zero-order chi connectivity index (χ0) is 15.4. The lowest BCUT2D eigenvalue weighted by molar-refractivity contribution is 0.112. The quantitative estimate of drug-likeness (QED) is 0.660. The number of amidine groups is 1. The second-order valence-electron chi connectivity index (χ2n) is 4.66. The van der Waals surface area contributed by atoms with Crippen LogP contribution in [-0.4, -0.2) is 38.0 Å². The summed E-state index contributed by atoms with van der Waals surface area (Å²) in [5.74, 6) is -0.365. The molecule has 1 aromatic rings. The SMILES string of the molecule is COC1CC=C(F)C(OC)C1=Nc1ccc(C(=N)N)cc1. The van der Waals surface area contributed by atoms with E-state index in [0.29, 0.717) is 23.4 Å². The molecular weight excluding hydrogens is 273 g/mol. The minimum atomic E-state index is -0.823. The average molecular weight is 291 g/mol. The van der Waals surface area contributed by atoms with Crippen LogP contribution in [0, 0.1) is 5.41 Å². The summed E-state index contributed by atoms with van der Waals surface area (Å²) in [6, 6.07) is 6.83. The number of benzene rings is 1. The van der Waals surface area contributed by atoms with Gasteiger partial charge in [0.2, 0.25) is 0 Å². The molecule has 0 radical (unpaired) electrons. The van der Waals surface area contributed by atoms with E-state index in [9.17, 15) is 4.39 Å². The van der Waals surface area contributed by atoms with Gasteiger partial charge in [-0.1, -0.05) is 0 Å². The number of nitrogens with zero attached hydrogens (tertiary/aromatic N) is 1. The Bertz CT molecular complexity index is 581. The standard InChI is InChI=1S/C15H18FN3O2/c1-20-12-8-7-11(16)14(21-2)13(12)19-10-5-3-9(4-6-10)15(17)18/h3-7,12,14H,8H2,1-2H3,(H3,17,18). The highest BCUT2D eigenvalue weighted by molar-refractivity contribution is 5.98. The smallest absolute Gasteiger partial charge is 0.149 e. The van der Waals surface area contributed by atoms with Crippen molar-refractivity contribution in [3.05, 3.63) is 41.7 Å². The zero-order valence-corrected chi connectivity index (χ0v) is 12.0. The van der Waals surface area contributed by atoms with Crippen LogP contribution in [0.5, 0.6) is 0 Å². The number of halogens is 1. The molecule has 6 heteroatoms. The molecule has 5 nitrogen and oxygen atoms in total. The molecular formula is C15H18FN3O2. The fraction of sp³-hybridized carbons (Fsp3) is 0.333. The van der Waals surface area contributed by atoms with E-state index in [4.69, 9.17) is 20.6 Å². The van der Waals surface area contributed by atoms with Gasteiger partial charge in [-0.2, -0.15) is 0 Å². The van der Waals surface area contributed by atoms with Gasteiger partial charge in [-0.25, -0.2) is 4.39 Å². The molecule has 0 saturated carbocycles. The van der Waals surface area contributed by atoms with Crippen LogP contribution in [0.2, 0.25) is 0 Å². The Morgan fingerprint density at radius 3 is 2.48 bits per heavy atom. The number of aliphatic imine (C=N–C) groups is 1. The summed E-state index contributed by atoms with van der Waals surface area (Å²) in [5.41, 5.74) is 7.14. The van der Waals surface area contributed by atoms with E-state index in [-0.39, 0.29) is 17.8 Å². The number of methoxy groups -OCH3 is 2. The Labute approximate surface area is 122 Å². The molecule has 112 valence electrons. The summed E-state index contributed by atoms with van der Waals surface area (Å²) in [7, 11) is 2.99. The van der Waals surface area contributed by atoms with Crippen LogP contribution in [0.4, 0.5) is 10.1 Å². The molecule has 0 aliphatic heterocycles. The molecule has 2 rings (SSSR count). The molecule has 0 amide bonds. The minimum absolute atomic E-state index is 0.00890. The molecule has 0 bridgehead atoms. The van der Waals surface area contributed by atoms with Gasteiger partial charge in [0.25, 0.3) is 0 Å². The largest absolute Gasteiger partial charge is 0.384 e. The van der Waals surface area contributed by atoms with E-state index in [1.807, 2.05) is 0 Å². The Balaban J connectivity index is 2.35. The van der Waals surface area contributed by atoms with E-state index < -0.39 is 6.10 Å². The molecule has 21 heavy (non-hydrogen) atoms. The molecule has 0 saturated heterocycles. The second-order valence-corrected chi connectivity index (χ2v) is 4.66. The van der Waals surface area contributed by atoms with E-state index in [1.165, 1.54) is 13.2 Å². The lowest BCUT2D eigenvalue weighted by Gasteiger charge is -2.26. The van der Waals surface area contributed by atoms with E-state index in [0.717, 1.165) is 0 Å². The number of hydrogen-bond donors (Lipinski definition) is 2. The molecule has 2 atom stereocenters. The minimum Gasteiger partial charge on any atom is -0.384 e. The van der Waals surface area contributed by atoms with Crippen molar-refractivity contribution in [2.24, 2.45) is 10.7 Å². The van der Waals surface area contributed by atoms with Crippen LogP contribution in [0.3, 0.4) is 0 Å². The van der Waals surface area contributed by atoms with Crippen molar-refractivity contribution < 1.29 is 13.9 Å². The van der Waals surface area contributed by atoms with Gasteiger partial charge in [-0.05, 0) is 36.8 Å². The van der Waals surface area contributed by atoms with Crippen molar-refractivity contribution in [2.75, 3.05) is 14.2 Å². The summed E-state index contributed by atoms with van der Waals surface area (Å²) in [6.07, 6.45) is 0.741. The number of ether oxygens (including phenoxy) is 2. The number of nitrogens with two attached hydrogens (primary N) is 1. The second kappa shape index (κ2) is 6.60. The first-order chi connectivity index (χ1) is 10.1. The summed E-state index contributed by atoms with van der Waals surface area (Å²) < 4.78 is 24.4. The molecule has 1 aromatic carbocycles. The Morgan fingerprint density at radius 2 is 1.95 bits per heavy atom. The van der Waals surface area contributed by atoms with Crippen molar-refractivity contribution in [3.8, 4) is 0 Å². The summed E-state index contributed by atoms with van der Waals surface area (Å²) in [5, 5.41) is 7.35. The first-order valence-corrected chi connectivity index (χ1v) is 6.51. The number of hydrogen-bond acceptors (Lipinski definition) is 4. The highest BCUT2D eigenvalue weighted by Crippen LogP contribution is 2.25. The van der Waals surface area contributed by atoms with Gasteiger partial charge in [0.05, 0.1) is 11.4 Å². The Morgan fingerprint density at radius 1 is 1.29 bits per heavy atom. The van der Waals surface area contributed by atoms with Crippen molar-refractivity contribution in [3.63, 3.8) is 0 Å². The van der Waals surface area contributed by atoms with Gasteiger partial charge in [0.15, 0.2) is 0 Å². The van der Waals surface area contributed by atoms with Crippen molar-refractivity contribution in [2.45, 2.75) is 18.6 Å². The maximum absolute atomic E-state index is 13.8. The van der Waals surface area contributed by atoms with Crippen LogP contribution in [0.1, 0.15) is 12.0 Å². The van der Waals surface area contributed by atoms with Crippen molar-refractivity contribution in [1.29, 1.82) is 5.41 Å². The third-order valence-corrected chi connectivity index (χ3v) is 3.33.